The van der Waals surface area contributed by atoms with Crippen LogP contribution in [0.3, 0.4) is 0 Å². The molecule has 0 bridgehead atoms. The van der Waals surface area contributed by atoms with Crippen LogP contribution in [0.25, 0.3) is 0 Å². The Kier molecular flexibility index (Phi) is 4.70. The molecule has 0 fully saturated rings. The number of para-hydroxylation sites is 1. The lowest BCUT2D eigenvalue weighted by Crippen LogP contribution is -2.35. The lowest BCUT2D eigenvalue weighted by atomic mass is 10.0. The predicted octanol–water partition coefficient (Wildman–Crippen LogP) is 3.31. The third-order valence-electron chi connectivity index (χ3n) is 3.19. The van der Waals surface area contributed by atoms with E-state index in [2.05, 4.69) is 11.6 Å². The number of benzene rings is 1. The maximum atomic E-state index is 12.4. The van der Waals surface area contributed by atoms with E-state index in [1.54, 1.807) is 0 Å². The Bertz CT molecular complexity index is 496. The van der Waals surface area contributed by atoms with Crippen LogP contribution in [0, 0.1) is 0 Å². The van der Waals surface area contributed by atoms with Crippen LogP contribution >= 0.6 is 0 Å². The Balaban J connectivity index is 2.25. The molecule has 1 N–H and O–H groups in total. The molecule has 0 spiro atoms. The van der Waals surface area contributed by atoms with Crippen LogP contribution in [0.4, 0.5) is 0 Å². The molecule has 5 heteroatoms. The Labute approximate surface area is 123 Å². The highest BCUT2D eigenvalue weighted by Gasteiger charge is 2.27. The van der Waals surface area contributed by atoms with Gasteiger partial charge >= 0.3 is 0 Å². The number of ether oxygens (including phenoxy) is 2. The summed E-state index contributed by atoms with van der Waals surface area (Å²) >= 11 is 0. The Hall–Kier alpha value is -1.07. The molecule has 0 aliphatic carbocycles. The van der Waals surface area contributed by atoms with Gasteiger partial charge in [0.1, 0.15) is 0 Å². The van der Waals surface area contributed by atoms with Gasteiger partial charge in [0.05, 0.1) is 15.7 Å². The number of hydrogen-bond acceptors (Lipinski definition) is 3. The predicted molar refractivity (Wildman–Crippen MR) is 81.2 cm³/mol. The quantitative estimate of drug-likeness (QED) is 0.907. The molecule has 1 heterocycles. The van der Waals surface area contributed by atoms with E-state index in [0.717, 1.165) is 29.9 Å². The summed E-state index contributed by atoms with van der Waals surface area (Å²) in [6.07, 6.45) is 1.91. The molecule has 0 amide bonds. The Morgan fingerprint density at radius 2 is 2.10 bits per heavy atom. The van der Waals surface area contributed by atoms with Gasteiger partial charge < -0.3 is 9.47 Å². The van der Waals surface area contributed by atoms with Gasteiger partial charge in [-0.2, -0.15) is 0 Å². The van der Waals surface area contributed by atoms with Gasteiger partial charge in [0.15, 0.2) is 11.5 Å². The molecule has 1 aromatic carbocycles. The highest BCUT2D eigenvalue weighted by molar-refractivity contribution is 7.84. The second kappa shape index (κ2) is 6.14. The van der Waals surface area contributed by atoms with Crippen molar-refractivity contribution in [1.82, 2.24) is 4.72 Å². The van der Waals surface area contributed by atoms with Crippen LogP contribution in [0.15, 0.2) is 18.2 Å². The summed E-state index contributed by atoms with van der Waals surface area (Å²) in [5.41, 5.74) is 1.03. The molecule has 2 unspecified atom stereocenters. The van der Waals surface area contributed by atoms with Crippen LogP contribution in [0.5, 0.6) is 11.5 Å². The highest BCUT2D eigenvalue weighted by atomic mass is 32.2. The summed E-state index contributed by atoms with van der Waals surface area (Å²) in [5.74, 6) is 1.55. The van der Waals surface area contributed by atoms with Gasteiger partial charge in [0.2, 0.25) is 6.79 Å². The second-order valence-corrected chi connectivity index (χ2v) is 7.92. The van der Waals surface area contributed by atoms with Crippen molar-refractivity contribution in [2.45, 2.75) is 51.3 Å². The largest absolute Gasteiger partial charge is 0.454 e. The summed E-state index contributed by atoms with van der Waals surface area (Å²) in [6.45, 7) is 8.28. The maximum absolute atomic E-state index is 12.4. The van der Waals surface area contributed by atoms with Crippen LogP contribution in [-0.2, 0) is 11.0 Å². The van der Waals surface area contributed by atoms with Gasteiger partial charge in [0, 0.05) is 11.6 Å². The molecule has 20 heavy (non-hydrogen) atoms. The van der Waals surface area contributed by atoms with Gasteiger partial charge in [-0.05, 0) is 33.3 Å². The first-order valence-corrected chi connectivity index (χ1v) is 8.15. The van der Waals surface area contributed by atoms with E-state index < -0.39 is 11.0 Å². The first-order chi connectivity index (χ1) is 9.43. The van der Waals surface area contributed by atoms with Crippen molar-refractivity contribution in [3.05, 3.63) is 23.8 Å². The zero-order valence-corrected chi connectivity index (χ0v) is 13.4. The molecule has 0 aromatic heterocycles. The molecule has 4 nitrogen and oxygen atoms in total. The molecule has 1 aliphatic rings. The average Bonchev–Trinajstić information content (AvgIpc) is 2.85. The van der Waals surface area contributed by atoms with Crippen LogP contribution < -0.4 is 14.2 Å². The molecular weight excluding hydrogens is 274 g/mol. The number of fused-ring (bicyclic) bond motifs is 1. The van der Waals surface area contributed by atoms with E-state index in [9.17, 15) is 4.21 Å². The summed E-state index contributed by atoms with van der Waals surface area (Å²) in [5, 5.41) is 0. The zero-order valence-electron chi connectivity index (χ0n) is 12.6. The van der Waals surface area contributed by atoms with E-state index >= 15 is 0 Å². The van der Waals surface area contributed by atoms with E-state index in [-0.39, 0.29) is 17.6 Å². The molecule has 0 saturated heterocycles. The number of nitrogens with one attached hydrogen (secondary N) is 1. The van der Waals surface area contributed by atoms with Crippen LogP contribution in [0.1, 0.15) is 52.1 Å². The lowest BCUT2D eigenvalue weighted by Gasteiger charge is -2.25. The zero-order chi connectivity index (χ0) is 14.8. The highest BCUT2D eigenvalue weighted by Crippen LogP contribution is 2.39. The third kappa shape index (κ3) is 3.33. The summed E-state index contributed by atoms with van der Waals surface area (Å²) in [6, 6.07) is 5.88. The molecule has 1 aliphatic heterocycles. The molecule has 2 atom stereocenters. The molecule has 1 aromatic rings. The van der Waals surface area contributed by atoms with Crippen molar-refractivity contribution in [3.8, 4) is 11.5 Å². The van der Waals surface area contributed by atoms with E-state index in [1.165, 1.54) is 0 Å². The fourth-order valence-corrected chi connectivity index (χ4v) is 2.96. The molecule has 0 radical (unpaired) electrons. The first kappa shape index (κ1) is 15.3. The fourth-order valence-electron chi connectivity index (χ4n) is 2.10. The van der Waals surface area contributed by atoms with Gasteiger partial charge in [-0.25, -0.2) is 8.93 Å². The van der Waals surface area contributed by atoms with Gasteiger partial charge in [-0.15, -0.1) is 0 Å². The SMILES string of the molecule is CCCC(NS(=O)C(C)(C)C)c1cccc2c1OCO2. The van der Waals surface area contributed by atoms with Crippen LogP contribution in [-0.4, -0.2) is 15.7 Å². The number of rotatable bonds is 5. The summed E-state index contributed by atoms with van der Waals surface area (Å²) in [7, 11) is -1.11. The van der Waals surface area contributed by atoms with Gasteiger partial charge in [-0.3, -0.25) is 0 Å². The standard InChI is InChI=1S/C15H23NO3S/c1-5-7-12(16-20(17)15(2,3)4)11-8-6-9-13-14(11)19-10-18-13/h6,8-9,12,16H,5,7,10H2,1-4H3. The Morgan fingerprint density at radius 1 is 1.35 bits per heavy atom. The van der Waals surface area contributed by atoms with Gasteiger partial charge in [0.25, 0.3) is 0 Å². The van der Waals surface area contributed by atoms with E-state index in [0.29, 0.717) is 0 Å². The molecule has 112 valence electrons. The molecule has 0 saturated carbocycles. The lowest BCUT2D eigenvalue weighted by molar-refractivity contribution is 0.173. The Morgan fingerprint density at radius 3 is 2.75 bits per heavy atom. The van der Waals surface area contributed by atoms with Crippen molar-refractivity contribution in [2.75, 3.05) is 6.79 Å². The number of hydrogen-bond donors (Lipinski definition) is 1. The van der Waals surface area contributed by atoms with Gasteiger partial charge in [-0.1, -0.05) is 25.5 Å². The van der Waals surface area contributed by atoms with Crippen molar-refractivity contribution in [3.63, 3.8) is 0 Å². The molecule has 2 rings (SSSR count). The minimum Gasteiger partial charge on any atom is -0.454 e. The molecular formula is C15H23NO3S. The third-order valence-corrected chi connectivity index (χ3v) is 4.80. The van der Waals surface area contributed by atoms with Crippen molar-refractivity contribution >= 4 is 11.0 Å². The summed E-state index contributed by atoms with van der Waals surface area (Å²) in [4.78, 5) is 0. The monoisotopic (exact) mass is 297 g/mol. The summed E-state index contributed by atoms with van der Waals surface area (Å²) < 4.78 is 26.3. The normalized spacial score (nSPS) is 17.0. The van der Waals surface area contributed by atoms with E-state index in [1.807, 2.05) is 39.0 Å². The maximum Gasteiger partial charge on any atom is 0.231 e. The van der Waals surface area contributed by atoms with Crippen molar-refractivity contribution in [1.29, 1.82) is 0 Å². The topological polar surface area (TPSA) is 47.6 Å². The fraction of sp³-hybridized carbons (Fsp3) is 0.600. The minimum atomic E-state index is -1.11. The smallest absolute Gasteiger partial charge is 0.231 e. The van der Waals surface area contributed by atoms with Crippen LogP contribution in [0.2, 0.25) is 0 Å². The van der Waals surface area contributed by atoms with Crippen molar-refractivity contribution in [2.24, 2.45) is 0 Å². The van der Waals surface area contributed by atoms with E-state index in [4.69, 9.17) is 9.47 Å². The second-order valence-electron chi connectivity index (χ2n) is 5.92. The average molecular weight is 297 g/mol. The first-order valence-electron chi connectivity index (χ1n) is 7.00. The minimum absolute atomic E-state index is 0.0108. The van der Waals surface area contributed by atoms with Crippen molar-refractivity contribution < 1.29 is 13.7 Å².